The normalized spacial score (nSPS) is 16.8. The van der Waals surface area contributed by atoms with E-state index in [9.17, 15) is 4.79 Å². The summed E-state index contributed by atoms with van der Waals surface area (Å²) >= 11 is 0. The van der Waals surface area contributed by atoms with E-state index in [0.29, 0.717) is 19.4 Å². The minimum Gasteiger partial charge on any atom is -0.497 e. The number of likely N-dealkylation sites (tertiary alicyclic amines) is 1. The highest BCUT2D eigenvalue weighted by Crippen LogP contribution is 2.24. The number of rotatable bonds is 7. The largest absolute Gasteiger partial charge is 0.497 e. The number of carbonyl (C=O) groups is 1. The molecule has 0 saturated carbocycles. The van der Waals surface area contributed by atoms with Crippen LogP contribution in [0.4, 0.5) is 0 Å². The van der Waals surface area contributed by atoms with E-state index in [2.05, 4.69) is 17.0 Å². The first-order valence-electron chi connectivity index (χ1n) is 8.35. The minimum atomic E-state index is -0.0986. The van der Waals surface area contributed by atoms with Gasteiger partial charge in [0, 0.05) is 24.4 Å². The molecule has 0 N–H and O–H groups in total. The van der Waals surface area contributed by atoms with E-state index >= 15 is 0 Å². The van der Waals surface area contributed by atoms with Crippen LogP contribution >= 0.6 is 0 Å². The van der Waals surface area contributed by atoms with Gasteiger partial charge >= 0.3 is 0 Å². The van der Waals surface area contributed by atoms with Crippen molar-refractivity contribution >= 4 is 5.78 Å². The molecule has 1 aliphatic heterocycles. The zero-order valence-electron chi connectivity index (χ0n) is 14.1. The lowest BCUT2D eigenvalue weighted by atomic mass is 9.88. The van der Waals surface area contributed by atoms with Crippen molar-refractivity contribution in [1.29, 1.82) is 10.5 Å². The Morgan fingerprint density at radius 3 is 2.50 bits per heavy atom. The molecule has 1 atom stereocenters. The smallest absolute Gasteiger partial charge is 0.166 e. The first-order chi connectivity index (χ1) is 11.7. The number of ketones is 1. The summed E-state index contributed by atoms with van der Waals surface area (Å²) in [4.78, 5) is 14.8. The highest BCUT2D eigenvalue weighted by molar-refractivity contribution is 5.98. The Labute approximate surface area is 143 Å². The molecule has 0 radical (unpaired) electrons. The highest BCUT2D eigenvalue weighted by Gasteiger charge is 2.26. The van der Waals surface area contributed by atoms with Gasteiger partial charge in [0.05, 0.1) is 25.2 Å². The minimum absolute atomic E-state index is 0.0503. The Morgan fingerprint density at radius 2 is 1.96 bits per heavy atom. The number of carbonyl (C=O) groups excluding carboxylic acids is 1. The van der Waals surface area contributed by atoms with E-state index in [0.717, 1.165) is 37.2 Å². The molecule has 5 heteroatoms. The number of hydrogen-bond acceptors (Lipinski definition) is 5. The number of methoxy groups -OCH3 is 1. The van der Waals surface area contributed by atoms with Crippen LogP contribution in [0.3, 0.4) is 0 Å². The second kappa shape index (κ2) is 9.05. The van der Waals surface area contributed by atoms with Crippen molar-refractivity contribution in [2.45, 2.75) is 25.7 Å². The summed E-state index contributed by atoms with van der Waals surface area (Å²) in [6.07, 6.45) is 2.69. The average Bonchev–Trinajstić information content (AvgIpc) is 2.65. The van der Waals surface area contributed by atoms with E-state index in [-0.39, 0.29) is 17.6 Å². The molecule has 0 amide bonds. The highest BCUT2D eigenvalue weighted by atomic mass is 16.5. The van der Waals surface area contributed by atoms with Gasteiger partial charge in [-0.25, -0.2) is 0 Å². The molecule has 1 aliphatic rings. The standard InChI is InChI=1S/C19H23N3O2/c1-24-18-6-4-16(5-7-18)19(23)17-8-11-22(12-9-17)14-15(13-21)3-2-10-20/h4-7,15,17H,2-3,8-9,11-12,14H2,1H3/t15-/m0/s1. The van der Waals surface area contributed by atoms with Crippen molar-refractivity contribution in [3.8, 4) is 17.9 Å². The SMILES string of the molecule is COc1ccc(C(=O)C2CCN(C[C@H](C#N)CCC#N)CC2)cc1. The van der Waals surface area contributed by atoms with Crippen LogP contribution in [-0.4, -0.2) is 37.4 Å². The molecule has 0 aliphatic carbocycles. The molecular weight excluding hydrogens is 302 g/mol. The van der Waals surface area contributed by atoms with Crippen LogP contribution in [0.15, 0.2) is 24.3 Å². The van der Waals surface area contributed by atoms with E-state index in [1.54, 1.807) is 7.11 Å². The summed E-state index contributed by atoms with van der Waals surface area (Å²) in [7, 11) is 1.61. The van der Waals surface area contributed by atoms with Crippen molar-refractivity contribution in [2.75, 3.05) is 26.7 Å². The molecule has 0 unspecified atom stereocenters. The third kappa shape index (κ3) is 4.81. The molecule has 5 nitrogen and oxygen atoms in total. The van der Waals surface area contributed by atoms with Crippen LogP contribution < -0.4 is 4.74 Å². The fourth-order valence-corrected chi connectivity index (χ4v) is 3.12. The number of hydrogen-bond donors (Lipinski definition) is 0. The van der Waals surface area contributed by atoms with Crippen molar-refractivity contribution in [1.82, 2.24) is 4.90 Å². The van der Waals surface area contributed by atoms with E-state index < -0.39 is 0 Å². The summed E-state index contributed by atoms with van der Waals surface area (Å²) in [5.74, 6) is 0.896. The van der Waals surface area contributed by atoms with E-state index in [1.165, 1.54) is 0 Å². The fraction of sp³-hybridized carbons (Fsp3) is 0.526. The average molecular weight is 325 g/mol. The molecule has 0 bridgehead atoms. The molecule has 1 aromatic rings. The van der Waals surface area contributed by atoms with Crippen LogP contribution in [-0.2, 0) is 0 Å². The number of ether oxygens (including phenoxy) is 1. The number of Topliss-reactive ketones (excluding diaryl/α,β-unsaturated/α-hetero) is 1. The molecule has 2 rings (SSSR count). The van der Waals surface area contributed by atoms with Crippen LogP contribution in [0.1, 0.15) is 36.0 Å². The molecule has 0 spiro atoms. The first kappa shape index (κ1) is 18.0. The number of nitrogens with zero attached hydrogens (tertiary/aromatic N) is 3. The zero-order chi connectivity index (χ0) is 17.4. The lowest BCUT2D eigenvalue weighted by Gasteiger charge is -2.32. The van der Waals surface area contributed by atoms with Gasteiger partial charge in [-0.1, -0.05) is 0 Å². The summed E-state index contributed by atoms with van der Waals surface area (Å²) in [6.45, 7) is 2.36. The maximum absolute atomic E-state index is 12.6. The molecule has 126 valence electrons. The van der Waals surface area contributed by atoms with Crippen molar-refractivity contribution in [3.63, 3.8) is 0 Å². The predicted molar refractivity (Wildman–Crippen MR) is 90.4 cm³/mol. The van der Waals surface area contributed by atoms with Gasteiger partial charge in [-0.3, -0.25) is 4.79 Å². The van der Waals surface area contributed by atoms with Gasteiger partial charge in [-0.05, 0) is 56.6 Å². The second-order valence-electron chi connectivity index (χ2n) is 6.19. The molecular formula is C19H23N3O2. The van der Waals surface area contributed by atoms with E-state index in [1.807, 2.05) is 24.3 Å². The van der Waals surface area contributed by atoms with Crippen molar-refractivity contribution in [2.24, 2.45) is 11.8 Å². The predicted octanol–water partition coefficient (Wildman–Crippen LogP) is 3.03. The summed E-state index contributed by atoms with van der Waals surface area (Å²) < 4.78 is 5.12. The van der Waals surface area contributed by atoms with Gasteiger partial charge in [-0.15, -0.1) is 0 Å². The van der Waals surface area contributed by atoms with Gasteiger partial charge in [0.15, 0.2) is 5.78 Å². The van der Waals surface area contributed by atoms with Gasteiger partial charge in [-0.2, -0.15) is 10.5 Å². The van der Waals surface area contributed by atoms with Gasteiger partial charge < -0.3 is 9.64 Å². The van der Waals surface area contributed by atoms with Crippen LogP contribution in [0.25, 0.3) is 0 Å². The summed E-state index contributed by atoms with van der Waals surface area (Å²) in [5, 5.41) is 17.8. The third-order valence-electron chi connectivity index (χ3n) is 4.60. The topological polar surface area (TPSA) is 77.1 Å². The Balaban J connectivity index is 1.84. The quantitative estimate of drug-likeness (QED) is 0.720. The van der Waals surface area contributed by atoms with Gasteiger partial charge in [0.2, 0.25) is 0 Å². The molecule has 1 fully saturated rings. The van der Waals surface area contributed by atoms with Gasteiger partial charge in [0.25, 0.3) is 0 Å². The lowest BCUT2D eigenvalue weighted by molar-refractivity contribution is 0.0832. The Hall–Kier alpha value is -2.37. The molecule has 0 aromatic heterocycles. The van der Waals surface area contributed by atoms with Gasteiger partial charge in [0.1, 0.15) is 5.75 Å². The second-order valence-corrected chi connectivity index (χ2v) is 6.19. The number of benzene rings is 1. The molecule has 24 heavy (non-hydrogen) atoms. The Bertz CT molecular complexity index is 619. The Morgan fingerprint density at radius 1 is 1.29 bits per heavy atom. The van der Waals surface area contributed by atoms with Crippen LogP contribution in [0.2, 0.25) is 0 Å². The first-order valence-corrected chi connectivity index (χ1v) is 8.35. The van der Waals surface area contributed by atoms with Crippen molar-refractivity contribution in [3.05, 3.63) is 29.8 Å². The molecule has 1 heterocycles. The maximum Gasteiger partial charge on any atom is 0.166 e. The number of nitriles is 2. The maximum atomic E-state index is 12.6. The number of piperidine rings is 1. The van der Waals surface area contributed by atoms with Crippen LogP contribution in [0.5, 0.6) is 5.75 Å². The van der Waals surface area contributed by atoms with Crippen LogP contribution in [0, 0.1) is 34.5 Å². The monoisotopic (exact) mass is 325 g/mol. The fourth-order valence-electron chi connectivity index (χ4n) is 3.12. The molecule has 1 saturated heterocycles. The summed E-state index contributed by atoms with van der Waals surface area (Å²) in [5.41, 5.74) is 0.734. The molecule has 1 aromatic carbocycles. The van der Waals surface area contributed by atoms with E-state index in [4.69, 9.17) is 15.3 Å². The Kier molecular flexibility index (Phi) is 6.78. The lowest BCUT2D eigenvalue weighted by Crippen LogP contribution is -2.38. The van der Waals surface area contributed by atoms with Crippen molar-refractivity contribution < 1.29 is 9.53 Å². The summed E-state index contributed by atoms with van der Waals surface area (Å²) in [6, 6.07) is 11.6. The third-order valence-corrected chi connectivity index (χ3v) is 4.60. The zero-order valence-corrected chi connectivity index (χ0v) is 14.1.